The molecule has 0 bridgehead atoms. The van der Waals surface area contributed by atoms with E-state index in [1.54, 1.807) is 7.05 Å². The maximum atomic E-state index is 11.2. The number of rotatable bonds is 7. The van der Waals surface area contributed by atoms with E-state index in [0.29, 0.717) is 12.8 Å². The fourth-order valence-electron chi connectivity index (χ4n) is 2.37. The Balaban J connectivity index is 2.71. The number of carbonyl (C=O) groups is 2. The second-order valence-electron chi connectivity index (χ2n) is 4.41. The molecular weight excluding hydrogens is 228 g/mol. The molecule has 0 saturated heterocycles. The Morgan fingerprint density at radius 2 is 2.33 bits per heavy atom. The van der Waals surface area contributed by atoms with E-state index < -0.39 is 0 Å². The molecule has 1 heterocycles. The number of hydrogen-bond acceptors (Lipinski definition) is 3. The van der Waals surface area contributed by atoms with Crippen molar-refractivity contribution in [2.24, 2.45) is 0 Å². The maximum absolute atomic E-state index is 11.2. The van der Waals surface area contributed by atoms with Gasteiger partial charge in [0.05, 0.1) is 6.04 Å². The van der Waals surface area contributed by atoms with Gasteiger partial charge in [0.15, 0.2) is 0 Å². The number of allylic oxidation sites excluding steroid dienone is 1. The van der Waals surface area contributed by atoms with Gasteiger partial charge in [-0.15, -0.1) is 0 Å². The van der Waals surface area contributed by atoms with Crippen LogP contribution in [0.25, 0.3) is 0 Å². The number of carbonyl (C=O) groups excluding carboxylic acids is 2. The lowest BCUT2D eigenvalue weighted by atomic mass is 10.1. The largest absolute Gasteiger partial charge is 0.362 e. The van der Waals surface area contributed by atoms with Crippen molar-refractivity contribution >= 4 is 12.2 Å². The van der Waals surface area contributed by atoms with Crippen LogP contribution in [0.15, 0.2) is 23.9 Å². The molecule has 0 aromatic carbocycles. The first-order valence-electron chi connectivity index (χ1n) is 6.44. The standard InChI is InChI=1S/C14H22N2O2/c1-4-11-8-9-16(13(11)5-2)12(10-17)6-7-14(18)15-3/h5,10,12H,2,4,6-9H2,1,3H3,(H,15,18). The highest BCUT2D eigenvalue weighted by molar-refractivity contribution is 5.76. The average molecular weight is 250 g/mol. The molecule has 0 spiro atoms. The number of nitrogens with zero attached hydrogens (tertiary/aromatic N) is 1. The lowest BCUT2D eigenvalue weighted by Gasteiger charge is -2.27. The van der Waals surface area contributed by atoms with Crippen molar-refractivity contribution in [2.75, 3.05) is 13.6 Å². The van der Waals surface area contributed by atoms with Crippen LogP contribution in [0.2, 0.25) is 0 Å². The van der Waals surface area contributed by atoms with Crippen LogP contribution in [-0.2, 0) is 9.59 Å². The molecule has 1 rings (SSSR count). The predicted molar refractivity (Wildman–Crippen MR) is 72.0 cm³/mol. The smallest absolute Gasteiger partial charge is 0.219 e. The van der Waals surface area contributed by atoms with E-state index in [9.17, 15) is 9.59 Å². The van der Waals surface area contributed by atoms with E-state index in [1.165, 1.54) is 5.57 Å². The van der Waals surface area contributed by atoms with E-state index >= 15 is 0 Å². The van der Waals surface area contributed by atoms with Crippen LogP contribution >= 0.6 is 0 Å². The zero-order valence-corrected chi connectivity index (χ0v) is 11.2. The predicted octanol–water partition coefficient (Wildman–Crippen LogP) is 1.64. The average Bonchev–Trinajstić information content (AvgIpc) is 2.81. The van der Waals surface area contributed by atoms with Gasteiger partial charge in [-0.25, -0.2) is 0 Å². The third-order valence-corrected chi connectivity index (χ3v) is 3.45. The zero-order valence-electron chi connectivity index (χ0n) is 11.2. The molecule has 18 heavy (non-hydrogen) atoms. The molecule has 1 atom stereocenters. The minimum Gasteiger partial charge on any atom is -0.362 e. The van der Waals surface area contributed by atoms with Gasteiger partial charge in [0.1, 0.15) is 6.29 Å². The molecule has 0 aromatic heterocycles. The molecule has 0 fully saturated rings. The van der Waals surface area contributed by atoms with Gasteiger partial charge in [-0.1, -0.05) is 13.5 Å². The summed E-state index contributed by atoms with van der Waals surface area (Å²) >= 11 is 0. The highest BCUT2D eigenvalue weighted by Gasteiger charge is 2.26. The van der Waals surface area contributed by atoms with Gasteiger partial charge in [-0.3, -0.25) is 4.79 Å². The molecular formula is C14H22N2O2. The van der Waals surface area contributed by atoms with Crippen molar-refractivity contribution in [1.29, 1.82) is 0 Å². The number of nitrogens with one attached hydrogen (secondary N) is 1. The van der Waals surface area contributed by atoms with Crippen LogP contribution in [0.4, 0.5) is 0 Å². The van der Waals surface area contributed by atoms with Crippen LogP contribution in [0, 0.1) is 0 Å². The monoisotopic (exact) mass is 250 g/mol. The molecule has 1 aliphatic rings. The molecule has 1 unspecified atom stereocenters. The van der Waals surface area contributed by atoms with Gasteiger partial charge in [0.25, 0.3) is 0 Å². The highest BCUT2D eigenvalue weighted by atomic mass is 16.1. The van der Waals surface area contributed by atoms with E-state index in [1.807, 2.05) is 6.08 Å². The van der Waals surface area contributed by atoms with Crippen molar-refractivity contribution < 1.29 is 9.59 Å². The van der Waals surface area contributed by atoms with E-state index in [4.69, 9.17) is 0 Å². The fourth-order valence-corrected chi connectivity index (χ4v) is 2.37. The molecule has 1 amide bonds. The van der Waals surface area contributed by atoms with Crippen molar-refractivity contribution in [3.8, 4) is 0 Å². The molecule has 0 aliphatic carbocycles. The highest BCUT2D eigenvalue weighted by Crippen LogP contribution is 2.28. The van der Waals surface area contributed by atoms with Gasteiger partial charge < -0.3 is 15.0 Å². The number of hydrogen-bond donors (Lipinski definition) is 1. The summed E-state index contributed by atoms with van der Waals surface area (Å²) in [6.45, 7) is 6.79. The van der Waals surface area contributed by atoms with Crippen LogP contribution in [0.1, 0.15) is 32.6 Å². The third kappa shape index (κ3) is 3.22. The Hall–Kier alpha value is -1.58. The first-order chi connectivity index (χ1) is 8.67. The second kappa shape index (κ2) is 6.99. The van der Waals surface area contributed by atoms with E-state index in [0.717, 1.165) is 31.4 Å². The quantitative estimate of drug-likeness (QED) is 0.699. The maximum Gasteiger partial charge on any atom is 0.219 e. The number of aldehydes is 1. The van der Waals surface area contributed by atoms with Crippen LogP contribution < -0.4 is 5.32 Å². The summed E-state index contributed by atoms with van der Waals surface area (Å²) in [5, 5.41) is 2.57. The lowest BCUT2D eigenvalue weighted by molar-refractivity contribution is -0.121. The van der Waals surface area contributed by atoms with Crippen molar-refractivity contribution in [3.63, 3.8) is 0 Å². The molecule has 0 saturated carbocycles. The Kier molecular flexibility index (Phi) is 5.62. The SMILES string of the molecule is C=CC1=C(CC)CCN1C(C=O)CCC(=O)NC. The Bertz CT molecular complexity index is 361. The summed E-state index contributed by atoms with van der Waals surface area (Å²) in [5.74, 6) is -0.0269. The Morgan fingerprint density at radius 3 is 2.83 bits per heavy atom. The summed E-state index contributed by atoms with van der Waals surface area (Å²) in [5.41, 5.74) is 2.42. The second-order valence-corrected chi connectivity index (χ2v) is 4.41. The van der Waals surface area contributed by atoms with Gasteiger partial charge in [-0.2, -0.15) is 0 Å². The van der Waals surface area contributed by atoms with Crippen molar-refractivity contribution in [3.05, 3.63) is 23.9 Å². The topological polar surface area (TPSA) is 49.4 Å². The molecule has 4 heteroatoms. The number of amides is 1. The zero-order chi connectivity index (χ0) is 13.5. The van der Waals surface area contributed by atoms with Crippen LogP contribution in [0.3, 0.4) is 0 Å². The van der Waals surface area contributed by atoms with E-state index in [2.05, 4.69) is 23.7 Å². The summed E-state index contributed by atoms with van der Waals surface area (Å²) in [7, 11) is 1.61. The summed E-state index contributed by atoms with van der Waals surface area (Å²) in [4.78, 5) is 24.5. The first kappa shape index (κ1) is 14.5. The minimum atomic E-state index is -0.223. The Morgan fingerprint density at radius 1 is 1.61 bits per heavy atom. The van der Waals surface area contributed by atoms with Gasteiger partial charge in [-0.05, 0) is 30.9 Å². The summed E-state index contributed by atoms with van der Waals surface area (Å²) in [6.07, 6.45) is 5.66. The molecule has 0 radical (unpaired) electrons. The van der Waals surface area contributed by atoms with Crippen molar-refractivity contribution in [2.45, 2.75) is 38.6 Å². The first-order valence-corrected chi connectivity index (χ1v) is 6.44. The van der Waals surface area contributed by atoms with Crippen LogP contribution in [-0.4, -0.2) is 36.7 Å². The van der Waals surface area contributed by atoms with Gasteiger partial charge in [0.2, 0.25) is 5.91 Å². The van der Waals surface area contributed by atoms with Crippen LogP contribution in [0.5, 0.6) is 0 Å². The Labute approximate surface area is 109 Å². The normalized spacial score (nSPS) is 16.7. The molecule has 1 N–H and O–H groups in total. The third-order valence-electron chi connectivity index (χ3n) is 3.45. The summed E-state index contributed by atoms with van der Waals surface area (Å²) in [6, 6.07) is -0.223. The molecule has 0 aromatic rings. The molecule has 100 valence electrons. The lowest BCUT2D eigenvalue weighted by Crippen LogP contribution is -2.34. The molecule has 4 nitrogen and oxygen atoms in total. The fraction of sp³-hybridized carbons (Fsp3) is 0.571. The van der Waals surface area contributed by atoms with Gasteiger partial charge >= 0.3 is 0 Å². The van der Waals surface area contributed by atoms with E-state index in [-0.39, 0.29) is 11.9 Å². The molecule has 1 aliphatic heterocycles. The van der Waals surface area contributed by atoms with Crippen molar-refractivity contribution in [1.82, 2.24) is 10.2 Å². The van der Waals surface area contributed by atoms with Gasteiger partial charge in [0, 0.05) is 25.7 Å². The minimum absolute atomic E-state index is 0.0269. The summed E-state index contributed by atoms with van der Waals surface area (Å²) < 4.78 is 0.